The van der Waals surface area contributed by atoms with Crippen molar-refractivity contribution in [3.05, 3.63) is 60.7 Å². The van der Waals surface area contributed by atoms with Gasteiger partial charge in [0.1, 0.15) is 0 Å². The smallest absolute Gasteiger partial charge is 0.269 e. The first kappa shape index (κ1) is 43.5. The highest BCUT2D eigenvalue weighted by atomic mass is 35.5. The molecule has 12 heteroatoms. The Kier molecular flexibility index (Phi) is 61.0. The van der Waals surface area contributed by atoms with Gasteiger partial charge in [-0.25, -0.2) is 0 Å². The Balaban J connectivity index is -0.0000000433. The third kappa shape index (κ3) is 23.4. The molecule has 142 valence electrons. The summed E-state index contributed by atoms with van der Waals surface area (Å²) in [5.74, 6) is 0. The van der Waals surface area contributed by atoms with Crippen LogP contribution in [0.3, 0.4) is 0 Å². The van der Waals surface area contributed by atoms with Crippen molar-refractivity contribution in [3.63, 3.8) is 0 Å². The van der Waals surface area contributed by atoms with Gasteiger partial charge < -0.3 is 0 Å². The molecule has 2 aromatic rings. The molecule has 0 radical (unpaired) electrons. The van der Waals surface area contributed by atoms with Crippen molar-refractivity contribution in [2.45, 2.75) is 0 Å². The van der Waals surface area contributed by atoms with Crippen molar-refractivity contribution in [3.8, 4) is 11.1 Å². The number of halogens is 6. The van der Waals surface area contributed by atoms with Crippen LogP contribution in [0.4, 0.5) is 9.41 Å². The van der Waals surface area contributed by atoms with Crippen molar-refractivity contribution in [1.29, 1.82) is 0 Å². The largest absolute Gasteiger partial charge is 0.335 e. The molecule has 0 aromatic heterocycles. The Morgan fingerprint density at radius 2 is 0.625 bits per heavy atom. The first-order valence-corrected chi connectivity index (χ1v) is 6.07. The highest BCUT2D eigenvalue weighted by Gasteiger charge is 1.91. The molecular formula is C12H16Cl4F2O4S2. The number of hydrogen-bond donors (Lipinski definition) is 0. The molecule has 0 aliphatic heterocycles. The van der Waals surface area contributed by atoms with E-state index in [1.807, 2.05) is 12.1 Å². The lowest BCUT2D eigenvalue weighted by atomic mass is 10.1. The molecule has 0 amide bonds. The molecule has 0 aliphatic carbocycles. The first-order chi connectivity index (χ1) is 8.79. The van der Waals surface area contributed by atoms with Crippen LogP contribution in [-0.4, -0.2) is 16.8 Å². The summed E-state index contributed by atoms with van der Waals surface area (Å²) in [5, 5.41) is 0. The lowest BCUT2D eigenvalue weighted by Gasteiger charge is -1.98. The van der Waals surface area contributed by atoms with Gasteiger partial charge in [-0.1, -0.05) is 60.7 Å². The van der Waals surface area contributed by atoms with Gasteiger partial charge in [0, 0.05) is 0 Å². The zero-order valence-electron chi connectivity index (χ0n) is 11.7. The predicted molar refractivity (Wildman–Crippen MR) is 104 cm³/mol. The van der Waals surface area contributed by atoms with E-state index < -0.39 is 23.1 Å². The Bertz CT molecular complexity index is 478. The van der Waals surface area contributed by atoms with Crippen LogP contribution < -0.4 is 0 Å². The molecule has 0 N–H and O–H groups in total. The molecule has 24 heavy (non-hydrogen) atoms. The zero-order chi connectivity index (χ0) is 13.6. The molecule has 0 heterocycles. The third-order valence-corrected chi connectivity index (χ3v) is 1.88. The maximum absolute atomic E-state index is 8.29. The van der Waals surface area contributed by atoms with E-state index in [1.165, 1.54) is 11.1 Å². The second kappa shape index (κ2) is 33.6. The van der Waals surface area contributed by atoms with Gasteiger partial charge in [0.25, 0.3) is 0 Å². The Morgan fingerprint density at radius 1 is 0.458 bits per heavy atom. The molecule has 4 nitrogen and oxygen atoms in total. The fourth-order valence-corrected chi connectivity index (χ4v) is 1.26. The van der Waals surface area contributed by atoms with Crippen LogP contribution in [0.1, 0.15) is 0 Å². The van der Waals surface area contributed by atoms with Crippen LogP contribution in [-0.2, 0) is 23.1 Å². The molecule has 0 saturated heterocycles. The highest BCUT2D eigenvalue weighted by Crippen LogP contribution is 2.17. The number of hydrogen-bond acceptors (Lipinski definition) is 4. The molecule has 2 aromatic carbocycles. The van der Waals surface area contributed by atoms with E-state index in [-0.39, 0.29) is 59.0 Å². The van der Waals surface area contributed by atoms with Gasteiger partial charge in [0.05, 0.1) is 0 Å². The summed E-state index contributed by atoms with van der Waals surface area (Å²) in [7, 11) is 0. The second-order valence-corrected chi connectivity index (χ2v) is 3.14. The minimum atomic E-state index is -0.750. The molecule has 0 unspecified atom stereocenters. The average Bonchev–Trinajstić information content (AvgIpc) is 2.43. The Labute approximate surface area is 170 Å². The van der Waals surface area contributed by atoms with Crippen LogP contribution in [0.25, 0.3) is 11.1 Å². The molecule has 0 spiro atoms. The van der Waals surface area contributed by atoms with Crippen molar-refractivity contribution in [2.75, 3.05) is 0 Å². The quantitative estimate of drug-likeness (QED) is 0.635. The standard InChI is InChI=1S/C12H10.4ClH.2FH.2O2S/c1-3-7-11(8-4-1)12-9-5-2-6-10-12;;;;;;;2*1-3-2/h1-10H;6*1H;;. The van der Waals surface area contributed by atoms with E-state index >= 15 is 0 Å². The van der Waals surface area contributed by atoms with Crippen LogP contribution in [0.2, 0.25) is 0 Å². The van der Waals surface area contributed by atoms with Gasteiger partial charge in [-0.3, -0.25) is 9.41 Å². The van der Waals surface area contributed by atoms with Gasteiger partial charge in [-0.2, -0.15) is 16.8 Å². The van der Waals surface area contributed by atoms with Crippen LogP contribution in [0.5, 0.6) is 0 Å². The van der Waals surface area contributed by atoms with E-state index in [1.54, 1.807) is 0 Å². The molecule has 2 rings (SSSR count). The SMILES string of the molecule is Cl.Cl.Cl.Cl.F.F.O=S=O.O=S=O.c1ccc(-c2ccccc2)cc1. The van der Waals surface area contributed by atoms with Gasteiger partial charge in [0.2, 0.25) is 0 Å². The molecule has 0 fully saturated rings. The summed E-state index contributed by atoms with van der Waals surface area (Å²) >= 11 is -1.50. The molecule has 0 saturated carbocycles. The van der Waals surface area contributed by atoms with Crippen molar-refractivity contribution < 1.29 is 26.2 Å². The first-order valence-electron chi connectivity index (χ1n) is 4.74. The summed E-state index contributed by atoms with van der Waals surface area (Å²) in [4.78, 5) is 0. The molecule has 0 aliphatic rings. The van der Waals surface area contributed by atoms with Crippen molar-refractivity contribution >= 4 is 72.8 Å². The lowest BCUT2D eigenvalue weighted by molar-refractivity contribution is 0.628. The minimum absolute atomic E-state index is 0. The van der Waals surface area contributed by atoms with Crippen molar-refractivity contribution in [1.82, 2.24) is 0 Å². The summed E-state index contributed by atoms with van der Waals surface area (Å²) in [6, 6.07) is 20.8. The minimum Gasteiger partial charge on any atom is -0.269 e. The Hall–Kier alpha value is -0.900. The molecular weight excluding hydrogens is 452 g/mol. The topological polar surface area (TPSA) is 68.3 Å². The van der Waals surface area contributed by atoms with E-state index in [9.17, 15) is 0 Å². The lowest BCUT2D eigenvalue weighted by Crippen LogP contribution is -1.73. The second-order valence-electron chi connectivity index (χ2n) is 2.87. The van der Waals surface area contributed by atoms with Gasteiger partial charge in [0.15, 0.2) is 0 Å². The summed E-state index contributed by atoms with van der Waals surface area (Å²) in [5.41, 5.74) is 2.55. The maximum Gasteiger partial charge on any atom is 0.335 e. The fraction of sp³-hybridized carbons (Fsp3) is 0. The zero-order valence-corrected chi connectivity index (χ0v) is 16.6. The van der Waals surface area contributed by atoms with Crippen LogP contribution >= 0.6 is 49.6 Å². The Morgan fingerprint density at radius 3 is 0.792 bits per heavy atom. The van der Waals surface area contributed by atoms with Gasteiger partial charge in [-0.05, 0) is 11.1 Å². The fourth-order valence-electron chi connectivity index (χ4n) is 1.26. The van der Waals surface area contributed by atoms with E-state index in [4.69, 9.17) is 16.8 Å². The average molecular weight is 468 g/mol. The van der Waals surface area contributed by atoms with Crippen molar-refractivity contribution in [2.24, 2.45) is 0 Å². The number of rotatable bonds is 1. The monoisotopic (exact) mass is 466 g/mol. The van der Waals surface area contributed by atoms with E-state index in [0.717, 1.165) is 0 Å². The van der Waals surface area contributed by atoms with Crippen LogP contribution in [0.15, 0.2) is 60.7 Å². The third-order valence-electron chi connectivity index (χ3n) is 1.88. The summed E-state index contributed by atoms with van der Waals surface area (Å²) < 4.78 is 33.2. The van der Waals surface area contributed by atoms with Gasteiger partial charge >= 0.3 is 23.1 Å². The number of benzene rings is 2. The summed E-state index contributed by atoms with van der Waals surface area (Å²) in [6.45, 7) is 0. The molecule has 0 atom stereocenters. The van der Waals surface area contributed by atoms with Crippen LogP contribution in [0, 0.1) is 0 Å². The van der Waals surface area contributed by atoms with E-state index in [0.29, 0.717) is 0 Å². The predicted octanol–water partition coefficient (Wildman–Crippen LogP) is 4.01. The summed E-state index contributed by atoms with van der Waals surface area (Å²) in [6.07, 6.45) is 0. The molecule has 0 bridgehead atoms. The maximum atomic E-state index is 8.29. The highest BCUT2D eigenvalue weighted by molar-refractivity contribution is 7.51. The van der Waals surface area contributed by atoms with E-state index in [2.05, 4.69) is 48.5 Å². The van der Waals surface area contributed by atoms with Gasteiger partial charge in [-0.15, -0.1) is 49.6 Å². The normalized spacial score (nSPS) is 5.83.